The van der Waals surface area contributed by atoms with Crippen LogP contribution in [0.15, 0.2) is 0 Å². The summed E-state index contributed by atoms with van der Waals surface area (Å²) in [5.74, 6) is 0.727. The fraction of sp³-hybridized carbons (Fsp3) is 0.824. The first-order valence-electron chi connectivity index (χ1n) is 8.10. The van der Waals surface area contributed by atoms with Crippen molar-refractivity contribution in [3.63, 3.8) is 0 Å². The van der Waals surface area contributed by atoms with Crippen molar-refractivity contribution >= 4 is 0 Å². The largest absolute Gasteiger partial charge is 0.308 e. The molecule has 0 bridgehead atoms. The van der Waals surface area contributed by atoms with Crippen LogP contribution in [-0.4, -0.2) is 15.3 Å². The average molecular weight is 279 g/mol. The third kappa shape index (κ3) is 4.93. The van der Waals surface area contributed by atoms with Crippen molar-refractivity contribution < 1.29 is 0 Å². The lowest BCUT2D eigenvalue weighted by atomic mass is 10.1. The van der Waals surface area contributed by atoms with Gasteiger partial charge in [0, 0.05) is 29.9 Å². The molecular formula is C17H33N3. The minimum absolute atomic E-state index is 0.149. The van der Waals surface area contributed by atoms with Crippen LogP contribution in [0.2, 0.25) is 0 Å². The van der Waals surface area contributed by atoms with E-state index in [0.29, 0.717) is 0 Å². The zero-order valence-electron chi connectivity index (χ0n) is 14.5. The Bertz CT molecular complexity index is 411. The standard InChI is InChI=1S/C17H33N3/c1-8-15-14(12-18-17(5,6)7)16(9-2)20(19-15)11-10-13(3)4/h13,18H,8-12H2,1-7H3. The maximum atomic E-state index is 4.85. The number of rotatable bonds is 7. The molecule has 1 aromatic rings. The van der Waals surface area contributed by atoms with Crippen molar-refractivity contribution in [3.8, 4) is 0 Å². The summed E-state index contributed by atoms with van der Waals surface area (Å²) in [5.41, 5.74) is 4.26. The van der Waals surface area contributed by atoms with Gasteiger partial charge in [0.15, 0.2) is 0 Å². The molecule has 0 aliphatic heterocycles. The normalized spacial score (nSPS) is 12.4. The van der Waals surface area contributed by atoms with Gasteiger partial charge in [0.25, 0.3) is 0 Å². The zero-order chi connectivity index (χ0) is 15.3. The van der Waals surface area contributed by atoms with Gasteiger partial charge in [-0.15, -0.1) is 0 Å². The highest BCUT2D eigenvalue weighted by Crippen LogP contribution is 2.18. The van der Waals surface area contributed by atoms with Gasteiger partial charge in [-0.05, 0) is 46.0 Å². The Morgan fingerprint density at radius 3 is 2.25 bits per heavy atom. The topological polar surface area (TPSA) is 29.9 Å². The molecule has 0 fully saturated rings. The summed E-state index contributed by atoms with van der Waals surface area (Å²) in [7, 11) is 0. The molecule has 0 radical (unpaired) electrons. The van der Waals surface area contributed by atoms with Crippen LogP contribution in [0.1, 0.15) is 71.8 Å². The van der Waals surface area contributed by atoms with Crippen LogP contribution in [-0.2, 0) is 25.9 Å². The van der Waals surface area contributed by atoms with E-state index in [4.69, 9.17) is 5.10 Å². The number of nitrogens with one attached hydrogen (secondary N) is 1. The first-order chi connectivity index (χ1) is 9.28. The van der Waals surface area contributed by atoms with Crippen molar-refractivity contribution in [3.05, 3.63) is 17.0 Å². The van der Waals surface area contributed by atoms with E-state index in [-0.39, 0.29) is 5.54 Å². The zero-order valence-corrected chi connectivity index (χ0v) is 14.5. The van der Waals surface area contributed by atoms with Crippen molar-refractivity contribution in [1.29, 1.82) is 0 Å². The molecule has 1 N–H and O–H groups in total. The lowest BCUT2D eigenvalue weighted by Crippen LogP contribution is -2.35. The van der Waals surface area contributed by atoms with E-state index in [1.54, 1.807) is 0 Å². The van der Waals surface area contributed by atoms with Crippen LogP contribution < -0.4 is 5.32 Å². The first-order valence-corrected chi connectivity index (χ1v) is 8.10. The Labute approximate surface area is 125 Å². The Kier molecular flexibility index (Phi) is 6.25. The summed E-state index contributed by atoms with van der Waals surface area (Å²) in [6.45, 7) is 17.6. The summed E-state index contributed by atoms with van der Waals surface area (Å²) in [6.07, 6.45) is 3.28. The van der Waals surface area contributed by atoms with Crippen LogP contribution in [0.3, 0.4) is 0 Å². The first kappa shape index (κ1) is 17.2. The van der Waals surface area contributed by atoms with E-state index < -0.39 is 0 Å². The minimum Gasteiger partial charge on any atom is -0.308 e. The summed E-state index contributed by atoms with van der Waals surface area (Å²) in [4.78, 5) is 0. The highest BCUT2D eigenvalue weighted by atomic mass is 15.3. The van der Waals surface area contributed by atoms with Crippen molar-refractivity contribution in [2.75, 3.05) is 0 Å². The van der Waals surface area contributed by atoms with E-state index in [0.717, 1.165) is 31.8 Å². The Balaban J connectivity index is 2.95. The lowest BCUT2D eigenvalue weighted by Gasteiger charge is -2.21. The summed E-state index contributed by atoms with van der Waals surface area (Å²) in [6, 6.07) is 0. The minimum atomic E-state index is 0.149. The monoisotopic (exact) mass is 279 g/mol. The molecule has 0 aromatic carbocycles. The number of aromatic nitrogens is 2. The maximum absolute atomic E-state index is 4.85. The summed E-state index contributed by atoms with van der Waals surface area (Å²) in [5, 5.41) is 8.46. The van der Waals surface area contributed by atoms with E-state index in [2.05, 4.69) is 58.5 Å². The van der Waals surface area contributed by atoms with Crippen LogP contribution in [0.25, 0.3) is 0 Å². The van der Waals surface area contributed by atoms with Gasteiger partial charge in [-0.3, -0.25) is 4.68 Å². The lowest BCUT2D eigenvalue weighted by molar-refractivity contribution is 0.422. The molecule has 0 amide bonds. The summed E-state index contributed by atoms with van der Waals surface area (Å²) >= 11 is 0. The Morgan fingerprint density at radius 2 is 1.80 bits per heavy atom. The quantitative estimate of drug-likeness (QED) is 0.819. The van der Waals surface area contributed by atoms with Gasteiger partial charge in [-0.1, -0.05) is 27.7 Å². The van der Waals surface area contributed by atoms with Crippen LogP contribution >= 0.6 is 0 Å². The third-order valence-corrected chi connectivity index (χ3v) is 3.63. The second-order valence-corrected chi connectivity index (χ2v) is 7.09. The average Bonchev–Trinajstić information content (AvgIpc) is 2.69. The van der Waals surface area contributed by atoms with Gasteiger partial charge in [0.2, 0.25) is 0 Å². The molecule has 0 spiro atoms. The number of nitrogens with zero attached hydrogens (tertiary/aromatic N) is 2. The summed E-state index contributed by atoms with van der Waals surface area (Å²) < 4.78 is 2.25. The molecule has 3 heteroatoms. The SMILES string of the molecule is CCc1nn(CCC(C)C)c(CC)c1CNC(C)(C)C. The number of hydrogen-bond donors (Lipinski definition) is 1. The van der Waals surface area contributed by atoms with Crippen molar-refractivity contribution in [2.45, 2.75) is 86.4 Å². The fourth-order valence-electron chi connectivity index (χ4n) is 2.39. The predicted octanol–water partition coefficient (Wildman–Crippen LogP) is 3.94. The number of hydrogen-bond acceptors (Lipinski definition) is 2. The van der Waals surface area contributed by atoms with Gasteiger partial charge in [0.05, 0.1) is 5.69 Å². The molecule has 1 heterocycles. The van der Waals surface area contributed by atoms with Gasteiger partial charge in [-0.2, -0.15) is 5.10 Å². The molecule has 0 saturated heterocycles. The molecule has 3 nitrogen and oxygen atoms in total. The van der Waals surface area contributed by atoms with Crippen molar-refractivity contribution in [1.82, 2.24) is 15.1 Å². The predicted molar refractivity (Wildman–Crippen MR) is 87.0 cm³/mol. The molecule has 1 rings (SSSR count). The highest BCUT2D eigenvalue weighted by molar-refractivity contribution is 5.27. The van der Waals surface area contributed by atoms with Crippen molar-refractivity contribution in [2.24, 2.45) is 5.92 Å². The molecule has 0 saturated carbocycles. The highest BCUT2D eigenvalue weighted by Gasteiger charge is 2.17. The molecule has 116 valence electrons. The van der Waals surface area contributed by atoms with Gasteiger partial charge in [-0.25, -0.2) is 0 Å². The number of aryl methyl sites for hydroxylation is 2. The molecular weight excluding hydrogens is 246 g/mol. The molecule has 0 aliphatic carbocycles. The van der Waals surface area contributed by atoms with E-state index in [1.807, 2.05) is 0 Å². The van der Waals surface area contributed by atoms with Gasteiger partial charge < -0.3 is 5.32 Å². The van der Waals surface area contributed by atoms with E-state index >= 15 is 0 Å². The molecule has 1 aromatic heterocycles. The molecule has 0 unspecified atom stereocenters. The Hall–Kier alpha value is -0.830. The second-order valence-electron chi connectivity index (χ2n) is 7.09. The van der Waals surface area contributed by atoms with E-state index in [9.17, 15) is 0 Å². The third-order valence-electron chi connectivity index (χ3n) is 3.63. The molecule has 0 aliphatic rings. The molecule has 0 atom stereocenters. The second kappa shape index (κ2) is 7.26. The fourth-order valence-corrected chi connectivity index (χ4v) is 2.39. The van der Waals surface area contributed by atoms with Gasteiger partial charge in [0.1, 0.15) is 0 Å². The Morgan fingerprint density at radius 1 is 1.15 bits per heavy atom. The molecule has 20 heavy (non-hydrogen) atoms. The van der Waals surface area contributed by atoms with Crippen LogP contribution in [0.5, 0.6) is 0 Å². The van der Waals surface area contributed by atoms with E-state index in [1.165, 1.54) is 23.4 Å². The van der Waals surface area contributed by atoms with Crippen LogP contribution in [0, 0.1) is 5.92 Å². The smallest absolute Gasteiger partial charge is 0.0669 e. The maximum Gasteiger partial charge on any atom is 0.0669 e. The van der Waals surface area contributed by atoms with Crippen LogP contribution in [0.4, 0.5) is 0 Å². The van der Waals surface area contributed by atoms with Gasteiger partial charge >= 0.3 is 0 Å².